The molecule has 0 spiro atoms. The van der Waals surface area contributed by atoms with Crippen LogP contribution in [0.4, 0.5) is 5.82 Å². The maximum Gasteiger partial charge on any atom is 0.336 e. The van der Waals surface area contributed by atoms with Crippen LogP contribution in [0, 0.1) is 0 Å². The number of aromatic carboxylic acids is 1. The van der Waals surface area contributed by atoms with Gasteiger partial charge in [0.05, 0.1) is 11.1 Å². The number of carboxylic acid groups (broad SMARTS) is 1. The van der Waals surface area contributed by atoms with E-state index in [0.717, 1.165) is 37.3 Å². The quantitative estimate of drug-likeness (QED) is 0.873. The predicted octanol–water partition coefficient (Wildman–Crippen LogP) is 3.56. The number of fused-ring (bicyclic) bond motifs is 1. The molecule has 0 bridgehead atoms. The lowest BCUT2D eigenvalue weighted by molar-refractivity contribution is 0.0699. The summed E-state index contributed by atoms with van der Waals surface area (Å²) in [5, 5.41) is 9.88. The van der Waals surface area contributed by atoms with Gasteiger partial charge in [0.1, 0.15) is 5.82 Å². The van der Waals surface area contributed by atoms with Crippen LogP contribution in [0.2, 0.25) is 0 Å². The van der Waals surface area contributed by atoms with Gasteiger partial charge in [-0.2, -0.15) is 0 Å². The molecule has 0 aliphatic rings. The van der Waals surface area contributed by atoms with Gasteiger partial charge in [-0.15, -0.1) is 0 Å². The Bertz CT molecular complexity index is 610. The third-order valence-corrected chi connectivity index (χ3v) is 3.43. The minimum atomic E-state index is -0.913. The summed E-state index contributed by atoms with van der Waals surface area (Å²) in [5.74, 6) is -0.000491. The van der Waals surface area contributed by atoms with E-state index in [4.69, 9.17) is 0 Å². The average Bonchev–Trinajstić information content (AvgIpc) is 2.47. The highest BCUT2D eigenvalue weighted by Crippen LogP contribution is 2.21. The molecule has 0 aliphatic carbocycles. The highest BCUT2D eigenvalue weighted by molar-refractivity contribution is 6.02. The first-order valence-electron chi connectivity index (χ1n) is 7.05. The SMILES string of the molecule is CCCCN(CC)c1ccc2c(C(=O)O)cccc2n1. The summed E-state index contributed by atoms with van der Waals surface area (Å²) < 4.78 is 0. The van der Waals surface area contributed by atoms with E-state index in [1.807, 2.05) is 18.2 Å². The second-order valence-electron chi connectivity index (χ2n) is 4.78. The molecule has 4 heteroatoms. The second-order valence-corrected chi connectivity index (χ2v) is 4.78. The average molecular weight is 272 g/mol. The van der Waals surface area contributed by atoms with Crippen LogP contribution < -0.4 is 4.90 Å². The van der Waals surface area contributed by atoms with E-state index < -0.39 is 5.97 Å². The van der Waals surface area contributed by atoms with E-state index >= 15 is 0 Å². The fourth-order valence-corrected chi connectivity index (χ4v) is 2.29. The van der Waals surface area contributed by atoms with Crippen molar-refractivity contribution in [2.45, 2.75) is 26.7 Å². The van der Waals surface area contributed by atoms with Gasteiger partial charge in [0, 0.05) is 18.5 Å². The van der Waals surface area contributed by atoms with E-state index in [-0.39, 0.29) is 0 Å². The second kappa shape index (κ2) is 6.37. The van der Waals surface area contributed by atoms with E-state index in [2.05, 4.69) is 23.7 Å². The molecule has 0 saturated carbocycles. The van der Waals surface area contributed by atoms with E-state index in [1.54, 1.807) is 12.1 Å². The zero-order chi connectivity index (χ0) is 14.5. The van der Waals surface area contributed by atoms with Crippen molar-refractivity contribution < 1.29 is 9.90 Å². The molecule has 0 atom stereocenters. The standard InChI is InChI=1S/C16H20N2O2/c1-3-5-11-18(4-2)15-10-9-12-13(16(19)20)7-6-8-14(12)17-15/h6-10H,3-5,11H2,1-2H3,(H,19,20). The highest BCUT2D eigenvalue weighted by atomic mass is 16.4. The number of benzene rings is 1. The lowest BCUT2D eigenvalue weighted by atomic mass is 10.1. The van der Waals surface area contributed by atoms with Gasteiger partial charge in [-0.1, -0.05) is 19.4 Å². The third-order valence-electron chi connectivity index (χ3n) is 3.43. The minimum Gasteiger partial charge on any atom is -0.478 e. The Balaban J connectivity index is 2.41. The summed E-state index contributed by atoms with van der Waals surface area (Å²) in [6.45, 7) is 6.15. The molecule has 0 aliphatic heterocycles. The van der Waals surface area contributed by atoms with Crippen molar-refractivity contribution in [3.8, 4) is 0 Å². The zero-order valence-corrected chi connectivity index (χ0v) is 12.0. The van der Waals surface area contributed by atoms with E-state index in [9.17, 15) is 9.90 Å². The summed E-state index contributed by atoms with van der Waals surface area (Å²) in [4.78, 5) is 18.0. The molecule has 0 saturated heterocycles. The van der Waals surface area contributed by atoms with Crippen molar-refractivity contribution in [2.75, 3.05) is 18.0 Å². The lowest BCUT2D eigenvalue weighted by Crippen LogP contribution is -2.24. The van der Waals surface area contributed by atoms with Crippen molar-refractivity contribution in [1.29, 1.82) is 0 Å². The lowest BCUT2D eigenvalue weighted by Gasteiger charge is -2.22. The number of hydrogen-bond acceptors (Lipinski definition) is 3. The van der Waals surface area contributed by atoms with Gasteiger partial charge in [0.15, 0.2) is 0 Å². The fraction of sp³-hybridized carbons (Fsp3) is 0.375. The van der Waals surface area contributed by atoms with Gasteiger partial charge in [-0.3, -0.25) is 0 Å². The maximum atomic E-state index is 11.2. The van der Waals surface area contributed by atoms with Crippen molar-refractivity contribution in [3.05, 3.63) is 35.9 Å². The summed E-state index contributed by atoms with van der Waals surface area (Å²) in [6.07, 6.45) is 2.27. The van der Waals surface area contributed by atoms with Crippen LogP contribution in [0.5, 0.6) is 0 Å². The first-order valence-corrected chi connectivity index (χ1v) is 7.05. The number of carboxylic acids is 1. The summed E-state index contributed by atoms with van der Waals surface area (Å²) in [7, 11) is 0. The number of anilines is 1. The Kier molecular flexibility index (Phi) is 4.56. The van der Waals surface area contributed by atoms with Crippen LogP contribution in [0.1, 0.15) is 37.0 Å². The summed E-state index contributed by atoms with van der Waals surface area (Å²) >= 11 is 0. The Morgan fingerprint density at radius 3 is 2.70 bits per heavy atom. The monoisotopic (exact) mass is 272 g/mol. The molecule has 1 aromatic carbocycles. The summed E-state index contributed by atoms with van der Waals surface area (Å²) in [5.41, 5.74) is 1.04. The molecule has 20 heavy (non-hydrogen) atoms. The van der Waals surface area contributed by atoms with Crippen LogP contribution in [-0.2, 0) is 0 Å². The molecule has 106 valence electrons. The number of nitrogens with zero attached hydrogens (tertiary/aromatic N) is 2. The van der Waals surface area contributed by atoms with Crippen LogP contribution in [0.25, 0.3) is 10.9 Å². The van der Waals surface area contributed by atoms with Crippen LogP contribution in [0.15, 0.2) is 30.3 Å². The molecule has 1 N–H and O–H groups in total. The number of hydrogen-bond donors (Lipinski definition) is 1. The van der Waals surface area contributed by atoms with Crippen LogP contribution in [0.3, 0.4) is 0 Å². The molecule has 1 heterocycles. The third kappa shape index (κ3) is 2.90. The highest BCUT2D eigenvalue weighted by Gasteiger charge is 2.11. The first-order chi connectivity index (χ1) is 9.67. The zero-order valence-electron chi connectivity index (χ0n) is 12.0. The number of pyridine rings is 1. The van der Waals surface area contributed by atoms with Crippen LogP contribution >= 0.6 is 0 Å². The first kappa shape index (κ1) is 14.3. The molecule has 2 aromatic rings. The van der Waals surface area contributed by atoms with Gasteiger partial charge < -0.3 is 10.0 Å². The fourth-order valence-electron chi connectivity index (χ4n) is 2.29. The Hall–Kier alpha value is -2.10. The number of aromatic nitrogens is 1. The van der Waals surface area contributed by atoms with Crippen molar-refractivity contribution >= 4 is 22.7 Å². The van der Waals surface area contributed by atoms with Gasteiger partial charge in [-0.25, -0.2) is 9.78 Å². The van der Waals surface area contributed by atoms with Gasteiger partial charge in [0.2, 0.25) is 0 Å². The molecule has 0 fully saturated rings. The molecule has 0 amide bonds. The normalized spacial score (nSPS) is 10.7. The van der Waals surface area contributed by atoms with Gasteiger partial charge in [-0.05, 0) is 37.6 Å². The number of unbranched alkanes of at least 4 members (excludes halogenated alkanes) is 1. The maximum absolute atomic E-state index is 11.2. The summed E-state index contributed by atoms with van der Waals surface area (Å²) in [6, 6.07) is 8.98. The molecular weight excluding hydrogens is 252 g/mol. The smallest absolute Gasteiger partial charge is 0.336 e. The van der Waals surface area contributed by atoms with Crippen molar-refractivity contribution in [3.63, 3.8) is 0 Å². The van der Waals surface area contributed by atoms with E-state index in [0.29, 0.717) is 10.9 Å². The molecule has 2 rings (SSSR count). The van der Waals surface area contributed by atoms with Crippen molar-refractivity contribution in [2.24, 2.45) is 0 Å². The molecule has 1 aromatic heterocycles. The molecule has 0 radical (unpaired) electrons. The number of rotatable bonds is 6. The largest absolute Gasteiger partial charge is 0.478 e. The van der Waals surface area contributed by atoms with Crippen LogP contribution in [-0.4, -0.2) is 29.1 Å². The molecular formula is C16H20N2O2. The predicted molar refractivity (Wildman–Crippen MR) is 81.5 cm³/mol. The van der Waals surface area contributed by atoms with Gasteiger partial charge >= 0.3 is 5.97 Å². The Morgan fingerprint density at radius 1 is 1.25 bits per heavy atom. The Morgan fingerprint density at radius 2 is 2.05 bits per heavy atom. The van der Waals surface area contributed by atoms with Crippen molar-refractivity contribution in [1.82, 2.24) is 4.98 Å². The molecule has 0 unspecified atom stereocenters. The van der Waals surface area contributed by atoms with E-state index in [1.165, 1.54) is 0 Å². The minimum absolute atomic E-state index is 0.304. The van der Waals surface area contributed by atoms with Gasteiger partial charge in [0.25, 0.3) is 0 Å². The number of carbonyl (C=O) groups is 1. The Labute approximate surface area is 119 Å². The topological polar surface area (TPSA) is 53.4 Å². The molecule has 4 nitrogen and oxygen atoms in total.